The van der Waals surface area contributed by atoms with Gasteiger partial charge in [-0.1, -0.05) is 12.1 Å². The van der Waals surface area contributed by atoms with Gasteiger partial charge in [-0.3, -0.25) is 4.79 Å². The van der Waals surface area contributed by atoms with Gasteiger partial charge in [-0.15, -0.1) is 11.3 Å². The molecule has 0 atom stereocenters. The van der Waals surface area contributed by atoms with Gasteiger partial charge in [0.1, 0.15) is 11.5 Å². The van der Waals surface area contributed by atoms with Gasteiger partial charge in [-0.25, -0.2) is 0 Å². The van der Waals surface area contributed by atoms with Crippen LogP contribution in [-0.2, 0) is 0 Å². The van der Waals surface area contributed by atoms with Crippen LogP contribution in [0.5, 0.6) is 11.5 Å². The van der Waals surface area contributed by atoms with E-state index in [9.17, 15) is 4.79 Å². The van der Waals surface area contributed by atoms with Gasteiger partial charge in [-0.05, 0) is 60.0 Å². The predicted molar refractivity (Wildman–Crippen MR) is 102 cm³/mol. The van der Waals surface area contributed by atoms with Crippen molar-refractivity contribution in [1.82, 2.24) is 0 Å². The average Bonchev–Trinajstić information content (AvgIpc) is 2.99. The highest BCUT2D eigenvalue weighted by molar-refractivity contribution is 7.18. The molecule has 5 heteroatoms. The molecule has 1 heterocycles. The number of amides is 1. The van der Waals surface area contributed by atoms with Gasteiger partial charge >= 0.3 is 0 Å². The molecule has 2 N–H and O–H groups in total. The molecule has 0 spiro atoms. The number of rotatable bonds is 5. The Morgan fingerprint density at radius 2 is 1.36 bits per heavy atom. The summed E-state index contributed by atoms with van der Waals surface area (Å²) < 4.78 is 10.5. The average molecular weight is 353 g/mol. The first-order valence-corrected chi connectivity index (χ1v) is 8.59. The lowest BCUT2D eigenvalue weighted by atomic mass is 9.98. The summed E-state index contributed by atoms with van der Waals surface area (Å²) in [5.74, 6) is 1.17. The maximum absolute atomic E-state index is 11.8. The summed E-state index contributed by atoms with van der Waals surface area (Å²) in [6.07, 6.45) is 0. The number of primary amides is 1. The predicted octanol–water partition coefficient (Wildman–Crippen LogP) is 4.51. The Labute approximate surface area is 150 Å². The first-order valence-electron chi connectivity index (χ1n) is 7.77. The van der Waals surface area contributed by atoms with Crippen molar-refractivity contribution in [2.45, 2.75) is 6.92 Å². The van der Waals surface area contributed by atoms with Crippen LogP contribution in [-0.4, -0.2) is 20.1 Å². The fourth-order valence-electron chi connectivity index (χ4n) is 2.80. The molecule has 0 bridgehead atoms. The van der Waals surface area contributed by atoms with E-state index in [0.717, 1.165) is 38.6 Å². The Morgan fingerprint density at radius 3 is 1.80 bits per heavy atom. The standard InChI is InChI=1S/C20H19NO3S/c1-12-17(13-4-8-15(23-2)9-5-13)19(25-18(12)20(21)22)14-6-10-16(24-3)11-7-14/h4-11H,1-3H3,(H2,21,22). The molecule has 1 amide bonds. The van der Waals surface area contributed by atoms with Crippen molar-refractivity contribution >= 4 is 17.2 Å². The van der Waals surface area contributed by atoms with E-state index in [4.69, 9.17) is 15.2 Å². The lowest BCUT2D eigenvalue weighted by Crippen LogP contribution is -2.10. The molecule has 0 aliphatic heterocycles. The minimum atomic E-state index is -0.406. The monoisotopic (exact) mass is 353 g/mol. The van der Waals surface area contributed by atoms with E-state index in [-0.39, 0.29) is 0 Å². The van der Waals surface area contributed by atoms with Crippen LogP contribution >= 0.6 is 11.3 Å². The van der Waals surface area contributed by atoms with Crippen LogP contribution in [0.25, 0.3) is 21.6 Å². The molecule has 0 radical (unpaired) electrons. The lowest BCUT2D eigenvalue weighted by molar-refractivity contribution is 0.100. The number of ether oxygens (including phenoxy) is 2. The van der Waals surface area contributed by atoms with Crippen molar-refractivity contribution in [3.05, 3.63) is 59.0 Å². The highest BCUT2D eigenvalue weighted by Gasteiger charge is 2.20. The Bertz CT molecular complexity index is 896. The highest BCUT2D eigenvalue weighted by Crippen LogP contribution is 2.43. The second kappa shape index (κ2) is 6.99. The minimum Gasteiger partial charge on any atom is -0.497 e. The first-order chi connectivity index (χ1) is 12.0. The SMILES string of the molecule is COc1ccc(-c2sc(C(N)=O)c(C)c2-c2ccc(OC)cc2)cc1. The molecule has 0 saturated heterocycles. The molecule has 3 aromatic rings. The molecular formula is C20H19NO3S. The van der Waals surface area contributed by atoms with Crippen molar-refractivity contribution < 1.29 is 14.3 Å². The van der Waals surface area contributed by atoms with E-state index in [1.165, 1.54) is 11.3 Å². The first kappa shape index (κ1) is 17.0. The van der Waals surface area contributed by atoms with Crippen LogP contribution in [0.2, 0.25) is 0 Å². The van der Waals surface area contributed by atoms with Gasteiger partial charge in [-0.2, -0.15) is 0 Å². The van der Waals surface area contributed by atoms with E-state index in [0.29, 0.717) is 4.88 Å². The van der Waals surface area contributed by atoms with Crippen LogP contribution < -0.4 is 15.2 Å². The quantitative estimate of drug-likeness (QED) is 0.734. The zero-order valence-electron chi connectivity index (χ0n) is 14.3. The number of thiophene rings is 1. The number of hydrogen-bond donors (Lipinski definition) is 1. The summed E-state index contributed by atoms with van der Waals surface area (Å²) in [5.41, 5.74) is 9.53. The number of hydrogen-bond acceptors (Lipinski definition) is 4. The molecular weight excluding hydrogens is 334 g/mol. The fourth-order valence-corrected chi connectivity index (χ4v) is 3.99. The van der Waals surface area contributed by atoms with Gasteiger partial charge in [0.05, 0.1) is 19.1 Å². The van der Waals surface area contributed by atoms with Gasteiger partial charge in [0.2, 0.25) is 0 Å². The maximum atomic E-state index is 11.8. The normalized spacial score (nSPS) is 10.5. The zero-order valence-corrected chi connectivity index (χ0v) is 15.1. The van der Waals surface area contributed by atoms with Gasteiger partial charge in [0.25, 0.3) is 5.91 Å². The van der Waals surface area contributed by atoms with Crippen molar-refractivity contribution in [2.75, 3.05) is 14.2 Å². The molecule has 128 valence electrons. The summed E-state index contributed by atoms with van der Waals surface area (Å²) in [6.45, 7) is 1.93. The third kappa shape index (κ3) is 3.23. The van der Waals surface area contributed by atoms with Gasteiger partial charge in [0.15, 0.2) is 0 Å². The third-order valence-corrected chi connectivity index (χ3v) is 5.46. The van der Waals surface area contributed by atoms with Crippen LogP contribution in [0.3, 0.4) is 0 Å². The number of methoxy groups -OCH3 is 2. The summed E-state index contributed by atoms with van der Waals surface area (Å²) in [5, 5.41) is 0. The van der Waals surface area contributed by atoms with E-state index in [1.54, 1.807) is 14.2 Å². The maximum Gasteiger partial charge on any atom is 0.259 e. The van der Waals surface area contributed by atoms with Crippen LogP contribution in [0, 0.1) is 6.92 Å². The van der Waals surface area contributed by atoms with Crippen LogP contribution in [0.15, 0.2) is 48.5 Å². The summed E-state index contributed by atoms with van der Waals surface area (Å²) >= 11 is 1.42. The number of nitrogens with two attached hydrogens (primary N) is 1. The smallest absolute Gasteiger partial charge is 0.259 e. The van der Waals surface area contributed by atoms with Gasteiger partial charge in [0, 0.05) is 10.4 Å². The highest BCUT2D eigenvalue weighted by atomic mass is 32.1. The third-order valence-electron chi connectivity index (χ3n) is 4.10. The largest absolute Gasteiger partial charge is 0.497 e. The van der Waals surface area contributed by atoms with E-state index in [2.05, 4.69) is 0 Å². The molecule has 25 heavy (non-hydrogen) atoms. The summed E-state index contributed by atoms with van der Waals surface area (Å²) in [4.78, 5) is 13.4. The van der Waals surface area contributed by atoms with Crippen LogP contribution in [0.1, 0.15) is 15.2 Å². The molecule has 1 aromatic heterocycles. The van der Waals surface area contributed by atoms with Crippen molar-refractivity contribution in [3.63, 3.8) is 0 Å². The number of carbonyl (C=O) groups excluding carboxylic acids is 1. The summed E-state index contributed by atoms with van der Waals surface area (Å²) in [7, 11) is 3.27. The molecule has 4 nitrogen and oxygen atoms in total. The molecule has 0 fully saturated rings. The van der Waals surface area contributed by atoms with E-state index >= 15 is 0 Å². The van der Waals surface area contributed by atoms with Crippen molar-refractivity contribution in [2.24, 2.45) is 5.73 Å². The second-order valence-corrected chi connectivity index (χ2v) is 6.60. The Balaban J connectivity index is 2.18. The van der Waals surface area contributed by atoms with Crippen LogP contribution in [0.4, 0.5) is 0 Å². The molecule has 3 rings (SSSR count). The molecule has 0 aliphatic rings. The zero-order chi connectivity index (χ0) is 18.0. The number of benzene rings is 2. The molecule has 0 aliphatic carbocycles. The Hall–Kier alpha value is -2.79. The number of carbonyl (C=O) groups is 1. The fraction of sp³-hybridized carbons (Fsp3) is 0.150. The van der Waals surface area contributed by atoms with Crippen molar-refractivity contribution in [1.29, 1.82) is 0 Å². The Kier molecular flexibility index (Phi) is 4.76. The van der Waals surface area contributed by atoms with E-state index in [1.807, 2.05) is 55.5 Å². The topological polar surface area (TPSA) is 61.5 Å². The van der Waals surface area contributed by atoms with E-state index < -0.39 is 5.91 Å². The second-order valence-electron chi connectivity index (χ2n) is 5.58. The van der Waals surface area contributed by atoms with Crippen molar-refractivity contribution in [3.8, 4) is 33.1 Å². The Morgan fingerprint density at radius 1 is 0.880 bits per heavy atom. The van der Waals surface area contributed by atoms with Gasteiger partial charge < -0.3 is 15.2 Å². The minimum absolute atomic E-state index is 0.406. The molecule has 0 saturated carbocycles. The summed E-state index contributed by atoms with van der Waals surface area (Å²) in [6, 6.07) is 15.6. The molecule has 2 aromatic carbocycles. The molecule has 0 unspecified atom stereocenters. The lowest BCUT2D eigenvalue weighted by Gasteiger charge is -2.08.